The second kappa shape index (κ2) is 4.46. The van der Waals surface area contributed by atoms with Crippen LogP contribution in [0.1, 0.15) is 5.56 Å². The summed E-state index contributed by atoms with van der Waals surface area (Å²) < 4.78 is 2.11. The Morgan fingerprint density at radius 3 is 2.69 bits per heavy atom. The van der Waals surface area contributed by atoms with Crippen LogP contribution in [0.3, 0.4) is 0 Å². The zero-order chi connectivity index (χ0) is 11.7. The van der Waals surface area contributed by atoms with Crippen LogP contribution in [-0.4, -0.2) is 9.78 Å². The Labute approximate surface area is 110 Å². The maximum atomic E-state index is 8.80. The lowest BCUT2D eigenvalue weighted by Crippen LogP contribution is -1.97. The van der Waals surface area contributed by atoms with Crippen LogP contribution < -0.4 is 0 Å². The molecule has 0 bridgehead atoms. The van der Waals surface area contributed by atoms with Crippen LogP contribution in [0, 0.1) is 11.3 Å². The molecule has 0 aliphatic carbocycles. The molecule has 16 heavy (non-hydrogen) atoms. The highest BCUT2D eigenvalue weighted by molar-refractivity contribution is 9.10. The third-order valence-electron chi connectivity index (χ3n) is 1.97. The predicted octanol–water partition coefficient (Wildman–Crippen LogP) is 3.81. The van der Waals surface area contributed by atoms with Crippen LogP contribution in [0.2, 0.25) is 10.0 Å². The first-order chi connectivity index (χ1) is 7.63. The van der Waals surface area contributed by atoms with Crippen molar-refractivity contribution < 1.29 is 0 Å². The van der Waals surface area contributed by atoms with E-state index in [1.807, 2.05) is 6.07 Å². The smallest absolute Gasteiger partial charge is 0.127 e. The summed E-state index contributed by atoms with van der Waals surface area (Å²) >= 11 is 15.1. The van der Waals surface area contributed by atoms with E-state index in [0.717, 1.165) is 0 Å². The number of hydrogen-bond acceptors (Lipinski definition) is 2. The molecule has 1 heterocycles. The Morgan fingerprint density at radius 1 is 1.38 bits per heavy atom. The molecule has 6 heteroatoms. The molecule has 0 saturated heterocycles. The van der Waals surface area contributed by atoms with Gasteiger partial charge < -0.3 is 0 Å². The van der Waals surface area contributed by atoms with E-state index in [9.17, 15) is 0 Å². The summed E-state index contributed by atoms with van der Waals surface area (Å²) in [5, 5.41) is 13.9. The van der Waals surface area contributed by atoms with Gasteiger partial charge in [-0.1, -0.05) is 23.2 Å². The molecule has 1 aromatic carbocycles. The van der Waals surface area contributed by atoms with Gasteiger partial charge in [0.05, 0.1) is 16.9 Å². The Bertz CT molecular complexity index is 586. The lowest BCUT2D eigenvalue weighted by molar-refractivity contribution is 0.861. The summed E-state index contributed by atoms with van der Waals surface area (Å²) in [7, 11) is 0. The summed E-state index contributed by atoms with van der Waals surface area (Å²) in [5.74, 6) is 0. The fourth-order valence-electron chi connectivity index (χ4n) is 1.23. The molecule has 2 rings (SSSR count). The normalized spacial score (nSPS) is 10.1. The number of benzene rings is 1. The highest BCUT2D eigenvalue weighted by atomic mass is 79.9. The molecule has 0 amide bonds. The number of nitriles is 1. The fourth-order valence-corrected chi connectivity index (χ4v) is 2.19. The van der Waals surface area contributed by atoms with Crippen molar-refractivity contribution in [1.29, 1.82) is 5.26 Å². The summed E-state index contributed by atoms with van der Waals surface area (Å²) in [6, 6.07) is 7.09. The summed E-state index contributed by atoms with van der Waals surface area (Å²) in [4.78, 5) is 0. The number of rotatable bonds is 1. The minimum atomic E-state index is 0.450. The molecule has 3 nitrogen and oxygen atoms in total. The molecule has 1 aromatic heterocycles. The Balaban J connectivity index is 2.60. The van der Waals surface area contributed by atoms with Crippen molar-refractivity contribution in [3.8, 4) is 11.8 Å². The third-order valence-corrected chi connectivity index (χ3v) is 3.27. The van der Waals surface area contributed by atoms with Crippen molar-refractivity contribution in [2.24, 2.45) is 0 Å². The fraction of sp³-hybridized carbons (Fsp3) is 0. The van der Waals surface area contributed by atoms with Gasteiger partial charge in [0.15, 0.2) is 0 Å². The van der Waals surface area contributed by atoms with E-state index in [1.165, 1.54) is 10.9 Å². The average molecular weight is 317 g/mol. The van der Waals surface area contributed by atoms with Crippen LogP contribution in [0.5, 0.6) is 0 Å². The number of halogens is 3. The maximum absolute atomic E-state index is 8.80. The summed E-state index contributed by atoms with van der Waals surface area (Å²) in [6.45, 7) is 0. The molecule has 80 valence electrons. The van der Waals surface area contributed by atoms with Crippen LogP contribution in [-0.2, 0) is 0 Å². The summed E-state index contributed by atoms with van der Waals surface area (Å²) in [5.41, 5.74) is 1.12. The second-order valence-electron chi connectivity index (χ2n) is 2.97. The lowest BCUT2D eigenvalue weighted by atomic mass is 10.3. The molecule has 0 N–H and O–H groups in total. The van der Waals surface area contributed by atoms with E-state index in [1.54, 1.807) is 18.2 Å². The number of aromatic nitrogens is 2. The van der Waals surface area contributed by atoms with Crippen molar-refractivity contribution in [3.63, 3.8) is 0 Å². The van der Waals surface area contributed by atoms with E-state index in [2.05, 4.69) is 21.0 Å². The topological polar surface area (TPSA) is 41.6 Å². The van der Waals surface area contributed by atoms with Crippen LogP contribution >= 0.6 is 39.1 Å². The first-order valence-corrected chi connectivity index (χ1v) is 5.77. The molecule has 0 aliphatic rings. The lowest BCUT2D eigenvalue weighted by Gasteiger charge is -2.05. The monoisotopic (exact) mass is 315 g/mol. The Morgan fingerprint density at radius 2 is 2.12 bits per heavy atom. The van der Waals surface area contributed by atoms with Gasteiger partial charge in [-0.15, -0.1) is 0 Å². The van der Waals surface area contributed by atoms with Crippen LogP contribution in [0.15, 0.2) is 29.0 Å². The van der Waals surface area contributed by atoms with E-state index >= 15 is 0 Å². The quantitative estimate of drug-likeness (QED) is 0.802. The Hall–Kier alpha value is -1.02. The maximum Gasteiger partial charge on any atom is 0.127 e. The molecule has 0 aliphatic heterocycles. The molecule has 0 radical (unpaired) electrons. The van der Waals surface area contributed by atoms with Crippen molar-refractivity contribution in [2.75, 3.05) is 0 Å². The van der Waals surface area contributed by atoms with Gasteiger partial charge in [0.25, 0.3) is 0 Å². The standard InChI is InChI=1S/C10H4BrCl2N3/c11-10-6(4-14)5-15-16(10)9-2-1-7(12)3-8(9)13/h1-3,5H. The minimum Gasteiger partial charge on any atom is -0.224 e. The SMILES string of the molecule is N#Cc1cnn(-c2ccc(Cl)cc2Cl)c1Br. The predicted molar refractivity (Wildman–Crippen MR) is 66.0 cm³/mol. The third kappa shape index (κ3) is 1.94. The van der Waals surface area contributed by atoms with Gasteiger partial charge in [-0.3, -0.25) is 0 Å². The molecule has 2 aromatic rings. The van der Waals surface area contributed by atoms with E-state index in [0.29, 0.717) is 25.9 Å². The molecule has 0 unspecified atom stereocenters. The van der Waals surface area contributed by atoms with Crippen molar-refractivity contribution in [2.45, 2.75) is 0 Å². The highest BCUT2D eigenvalue weighted by Gasteiger charge is 2.11. The van der Waals surface area contributed by atoms with Gasteiger partial charge in [-0.25, -0.2) is 4.68 Å². The van der Waals surface area contributed by atoms with Gasteiger partial charge >= 0.3 is 0 Å². The second-order valence-corrected chi connectivity index (χ2v) is 4.56. The number of hydrogen-bond donors (Lipinski definition) is 0. The van der Waals surface area contributed by atoms with Gasteiger partial charge in [0.2, 0.25) is 0 Å². The molecule has 0 fully saturated rings. The van der Waals surface area contributed by atoms with Crippen molar-refractivity contribution in [3.05, 3.63) is 44.6 Å². The van der Waals surface area contributed by atoms with Crippen LogP contribution in [0.25, 0.3) is 5.69 Å². The first-order valence-electron chi connectivity index (χ1n) is 4.22. The molecular formula is C10H4BrCl2N3. The molecule has 0 saturated carbocycles. The summed E-state index contributed by atoms with van der Waals surface area (Å²) in [6.07, 6.45) is 1.47. The van der Waals surface area contributed by atoms with Gasteiger partial charge in [0, 0.05) is 5.02 Å². The van der Waals surface area contributed by atoms with E-state index < -0.39 is 0 Å². The zero-order valence-corrected chi connectivity index (χ0v) is 10.9. The molecular weight excluding hydrogens is 313 g/mol. The van der Waals surface area contributed by atoms with Crippen LogP contribution in [0.4, 0.5) is 0 Å². The van der Waals surface area contributed by atoms with E-state index in [4.69, 9.17) is 28.5 Å². The minimum absolute atomic E-state index is 0.450. The molecule has 0 spiro atoms. The Kier molecular flexibility index (Phi) is 3.20. The zero-order valence-electron chi connectivity index (χ0n) is 7.78. The van der Waals surface area contributed by atoms with E-state index in [-0.39, 0.29) is 0 Å². The van der Waals surface area contributed by atoms with Gasteiger partial charge in [-0.2, -0.15) is 10.4 Å². The van der Waals surface area contributed by atoms with Crippen molar-refractivity contribution >= 4 is 39.1 Å². The van der Waals surface area contributed by atoms with Gasteiger partial charge in [0.1, 0.15) is 16.2 Å². The van der Waals surface area contributed by atoms with Gasteiger partial charge in [-0.05, 0) is 34.1 Å². The highest BCUT2D eigenvalue weighted by Crippen LogP contribution is 2.27. The first kappa shape index (κ1) is 11.5. The average Bonchev–Trinajstić information content (AvgIpc) is 2.60. The van der Waals surface area contributed by atoms with Crippen molar-refractivity contribution in [1.82, 2.24) is 9.78 Å². The number of nitrogens with zero attached hydrogens (tertiary/aromatic N) is 3. The molecule has 0 atom stereocenters. The largest absolute Gasteiger partial charge is 0.224 e.